The molecular weight excluding hydrogens is 705 g/mol. The van der Waals surface area contributed by atoms with Gasteiger partial charge in [0.05, 0.1) is 24.1 Å². The van der Waals surface area contributed by atoms with Crippen LogP contribution in [0.3, 0.4) is 0 Å². The maximum absolute atomic E-state index is 14.9. The summed E-state index contributed by atoms with van der Waals surface area (Å²) in [4.78, 5) is 43.9. The quantitative estimate of drug-likeness (QED) is 0.119. The molecule has 16 heteroatoms. The van der Waals surface area contributed by atoms with Crippen LogP contribution in [0.1, 0.15) is 87.4 Å². The average molecular weight is 758 g/mol. The summed E-state index contributed by atoms with van der Waals surface area (Å²) in [6, 6.07) is 9.22. The number of hydrogen-bond donors (Lipinski definition) is 2. The molecule has 2 fully saturated rings. The minimum atomic E-state index is -4.54. The number of rotatable bonds is 14. The molecule has 1 aliphatic heterocycles. The van der Waals surface area contributed by atoms with Crippen LogP contribution < -0.4 is 15.3 Å². The molecule has 53 heavy (non-hydrogen) atoms. The molecule has 2 aromatic heterocycles. The topological polar surface area (TPSA) is 192 Å². The predicted molar refractivity (Wildman–Crippen MR) is 195 cm³/mol. The van der Waals surface area contributed by atoms with Gasteiger partial charge in [0.25, 0.3) is 0 Å². The molecule has 0 bridgehead atoms. The number of carbonyl (C=O) groups is 3. The molecule has 0 amide bonds. The zero-order valence-electron chi connectivity index (χ0n) is 32.2. The van der Waals surface area contributed by atoms with Crippen molar-refractivity contribution < 1.29 is 46.9 Å². The molecule has 2 unspecified atom stereocenters. The molecule has 3 heterocycles. The normalized spacial score (nSPS) is 25.6. The van der Waals surface area contributed by atoms with Gasteiger partial charge in [-0.15, -0.1) is 0 Å². The van der Waals surface area contributed by atoms with Gasteiger partial charge in [-0.1, -0.05) is 74.4 Å². The first-order valence-electron chi connectivity index (χ1n) is 17.9. The molecule has 290 valence electrons. The van der Waals surface area contributed by atoms with Crippen molar-refractivity contribution in [3.8, 4) is 5.75 Å². The summed E-state index contributed by atoms with van der Waals surface area (Å²) in [5, 5.41) is 7.08. The van der Waals surface area contributed by atoms with Crippen LogP contribution in [0.15, 0.2) is 42.7 Å². The molecule has 0 radical (unpaired) electrons. The molecule has 1 saturated heterocycles. The van der Waals surface area contributed by atoms with E-state index in [1.165, 1.54) is 17.8 Å². The molecule has 0 spiro atoms. The highest BCUT2D eigenvalue weighted by molar-refractivity contribution is 7.52. The Balaban J connectivity index is 1.58. The lowest BCUT2D eigenvalue weighted by Crippen LogP contribution is -2.51. The number of aromatic nitrogens is 3. The van der Waals surface area contributed by atoms with Crippen molar-refractivity contribution in [2.75, 3.05) is 12.3 Å². The van der Waals surface area contributed by atoms with Crippen molar-refractivity contribution in [2.45, 2.75) is 117 Å². The smallest absolute Gasteiger partial charge is 0.459 e. The molecule has 3 aromatic rings. The molecule has 15 nitrogen and oxygen atoms in total. The van der Waals surface area contributed by atoms with Crippen molar-refractivity contribution in [3.05, 3.63) is 54.0 Å². The van der Waals surface area contributed by atoms with Gasteiger partial charge in [0.15, 0.2) is 11.9 Å². The van der Waals surface area contributed by atoms with Gasteiger partial charge in [-0.3, -0.25) is 18.9 Å². The summed E-state index contributed by atoms with van der Waals surface area (Å²) in [6.45, 7) is 19.9. The first-order valence-corrected chi connectivity index (χ1v) is 19.4. The monoisotopic (exact) mass is 757 g/mol. The number of esters is 3. The van der Waals surface area contributed by atoms with Crippen molar-refractivity contribution in [2.24, 2.45) is 17.8 Å². The Kier molecular flexibility index (Phi) is 11.1. The molecule has 2 aliphatic rings. The van der Waals surface area contributed by atoms with E-state index in [1.807, 2.05) is 26.0 Å². The number of anilines is 1. The fourth-order valence-corrected chi connectivity index (χ4v) is 7.87. The van der Waals surface area contributed by atoms with Crippen LogP contribution in [-0.4, -0.2) is 69.1 Å². The summed E-state index contributed by atoms with van der Waals surface area (Å²) in [7, 11) is -4.54. The highest BCUT2D eigenvalue weighted by Crippen LogP contribution is 2.66. The number of ether oxygens (including phenoxy) is 4. The van der Waals surface area contributed by atoms with Crippen molar-refractivity contribution in [1.82, 2.24) is 19.7 Å². The van der Waals surface area contributed by atoms with Crippen LogP contribution in [0.5, 0.6) is 5.75 Å². The van der Waals surface area contributed by atoms with Crippen molar-refractivity contribution in [3.63, 3.8) is 0 Å². The summed E-state index contributed by atoms with van der Waals surface area (Å²) < 4.78 is 53.2. The number of nitrogens with one attached hydrogen (secondary N) is 1. The largest absolute Gasteiger partial charge is 0.464 e. The van der Waals surface area contributed by atoms with Crippen LogP contribution in [0, 0.1) is 17.8 Å². The van der Waals surface area contributed by atoms with Gasteiger partial charge in [-0.05, 0) is 55.0 Å². The second kappa shape index (κ2) is 14.7. The number of nitrogens with two attached hydrogens (primary N) is 1. The maximum Gasteiger partial charge on any atom is 0.459 e. The molecule has 1 saturated carbocycles. The standard InChI is InChI=1S/C37H52N5O10P/c1-20(2)18-47-33(45)23(7)41-53(46,51-25-14-12-24(13-15-25)35(8,9)10)52-29-28-37(29,50-32(44)22(5)6)34(48-31(43)21(3)4)36(11,49-28)27-17-16-26-30(38)39-19-40-42(26)27/h12-17,19-23,28-29,34H,18H2,1-11H3,(H,41,46)(H2,38,39,40)/t23-,28+,29?,34-,36-,37-,53?/m0/s1. The third kappa shape index (κ3) is 7.94. The van der Waals surface area contributed by atoms with E-state index in [-0.39, 0.29) is 29.5 Å². The number of benzene rings is 1. The fourth-order valence-electron chi connectivity index (χ4n) is 6.16. The molecule has 1 aromatic carbocycles. The third-order valence-corrected chi connectivity index (χ3v) is 10.9. The van der Waals surface area contributed by atoms with Crippen molar-refractivity contribution in [1.29, 1.82) is 0 Å². The Labute approximate surface area is 310 Å². The van der Waals surface area contributed by atoms with E-state index in [2.05, 4.69) is 35.9 Å². The molecule has 3 N–H and O–H groups in total. The lowest BCUT2D eigenvalue weighted by Gasteiger charge is -2.37. The first-order chi connectivity index (χ1) is 24.6. The van der Waals surface area contributed by atoms with E-state index in [1.54, 1.807) is 58.9 Å². The number of nitrogens with zero attached hydrogens (tertiary/aromatic N) is 3. The Bertz CT molecular complexity index is 1890. The van der Waals surface area contributed by atoms with E-state index >= 15 is 0 Å². The highest BCUT2D eigenvalue weighted by atomic mass is 31.2. The average Bonchev–Trinajstić information content (AvgIpc) is 3.33. The number of nitrogen functional groups attached to an aromatic ring is 1. The maximum atomic E-state index is 14.9. The Morgan fingerprint density at radius 2 is 1.62 bits per heavy atom. The minimum Gasteiger partial charge on any atom is -0.464 e. The van der Waals surface area contributed by atoms with Gasteiger partial charge in [0, 0.05) is 0 Å². The van der Waals surface area contributed by atoms with Gasteiger partial charge in [-0.25, -0.2) is 14.1 Å². The fraction of sp³-hybridized carbons (Fsp3) is 0.595. The van der Waals surface area contributed by atoms with Crippen LogP contribution in [0.25, 0.3) is 5.52 Å². The van der Waals surface area contributed by atoms with Crippen molar-refractivity contribution >= 4 is 37.0 Å². The van der Waals surface area contributed by atoms with E-state index in [0.717, 1.165) is 5.56 Å². The van der Waals surface area contributed by atoms with Gasteiger partial charge in [0.1, 0.15) is 41.4 Å². The van der Waals surface area contributed by atoms with Crippen LogP contribution >= 0.6 is 7.75 Å². The number of hydrogen-bond acceptors (Lipinski definition) is 13. The second-order valence-electron chi connectivity index (χ2n) is 16.0. The summed E-state index contributed by atoms with van der Waals surface area (Å²) in [5.41, 5.74) is 4.57. The van der Waals surface area contributed by atoms with Crippen LogP contribution in [0.4, 0.5) is 5.82 Å². The Hall–Kier alpha value is -4.04. The lowest BCUT2D eigenvalue weighted by atomic mass is 9.87. The van der Waals surface area contributed by atoms with Gasteiger partial charge >= 0.3 is 25.7 Å². The highest BCUT2D eigenvalue weighted by Gasteiger charge is 2.87. The molecule has 7 atom stereocenters. The van der Waals surface area contributed by atoms with Gasteiger partial charge in [0.2, 0.25) is 5.60 Å². The second-order valence-corrected chi connectivity index (χ2v) is 17.6. The summed E-state index contributed by atoms with van der Waals surface area (Å²) in [5.74, 6) is -2.67. The minimum absolute atomic E-state index is 0.0608. The summed E-state index contributed by atoms with van der Waals surface area (Å²) in [6.07, 6.45) is -2.47. The van der Waals surface area contributed by atoms with E-state index in [4.69, 9.17) is 33.7 Å². The number of carbonyl (C=O) groups excluding carboxylic acids is 3. The predicted octanol–water partition coefficient (Wildman–Crippen LogP) is 5.49. The van der Waals surface area contributed by atoms with Gasteiger partial charge in [-0.2, -0.15) is 10.2 Å². The van der Waals surface area contributed by atoms with E-state index in [0.29, 0.717) is 11.2 Å². The van der Waals surface area contributed by atoms with Crippen LogP contribution in [0.2, 0.25) is 0 Å². The molecule has 1 aliphatic carbocycles. The molecular formula is C37H52N5O10P. The van der Waals surface area contributed by atoms with Crippen LogP contribution in [-0.2, 0) is 53.4 Å². The van der Waals surface area contributed by atoms with E-state index < -0.39 is 73.0 Å². The number of fused-ring (bicyclic) bond motifs is 2. The summed E-state index contributed by atoms with van der Waals surface area (Å²) >= 11 is 0. The van der Waals surface area contributed by atoms with Gasteiger partial charge < -0.3 is 29.2 Å². The SMILES string of the molecule is CC(C)COC(=O)[C@H](C)NP(=O)(Oc1ccc(C(C)(C)C)cc1)OC1[C@H]2O[C@@](C)(c3ccc4c(N)ncnn34)[C@H](OC(=O)C(C)C)[C@@]12OC(=O)C(C)C. The first kappa shape index (κ1) is 40.2. The lowest BCUT2D eigenvalue weighted by molar-refractivity contribution is -0.192. The third-order valence-electron chi connectivity index (χ3n) is 9.24. The molecule has 5 rings (SSSR count). The van der Waals surface area contributed by atoms with E-state index in [9.17, 15) is 18.9 Å². The zero-order valence-corrected chi connectivity index (χ0v) is 33.1. The zero-order chi connectivity index (χ0) is 39.3. The Morgan fingerprint density at radius 3 is 2.21 bits per heavy atom. The Morgan fingerprint density at radius 1 is 0.981 bits per heavy atom.